The fourth-order valence-electron chi connectivity index (χ4n) is 4.63. The molecule has 0 unspecified atom stereocenters. The van der Waals surface area contributed by atoms with E-state index in [0.29, 0.717) is 14.7 Å². The van der Waals surface area contributed by atoms with Gasteiger partial charge in [-0.1, -0.05) is 30.3 Å². The summed E-state index contributed by atoms with van der Waals surface area (Å²) in [5.74, 6) is -2.86. The summed E-state index contributed by atoms with van der Waals surface area (Å²) in [7, 11) is 0. The molecule has 2 aromatic carbocycles. The Morgan fingerprint density at radius 3 is 2.37 bits per heavy atom. The van der Waals surface area contributed by atoms with Crippen LogP contribution in [0.3, 0.4) is 0 Å². The number of amides is 2. The van der Waals surface area contributed by atoms with Gasteiger partial charge in [-0.05, 0) is 32.0 Å². The molecule has 0 spiro atoms. The zero-order valence-corrected chi connectivity index (χ0v) is 21.9. The molecule has 3 aromatic rings. The van der Waals surface area contributed by atoms with Gasteiger partial charge in [0.1, 0.15) is 16.9 Å². The molecular formula is C23H19N4NaO6S. The molecule has 0 aliphatic carbocycles. The van der Waals surface area contributed by atoms with Crippen molar-refractivity contribution in [1.29, 1.82) is 0 Å². The summed E-state index contributed by atoms with van der Waals surface area (Å²) in [6, 6.07) is 12.2. The van der Waals surface area contributed by atoms with Crippen LogP contribution in [-0.2, 0) is 9.59 Å². The number of hydrogen-bond acceptors (Lipinski definition) is 7. The minimum atomic E-state index is -1.37. The number of carboxylic acids is 1. The summed E-state index contributed by atoms with van der Waals surface area (Å²) in [6.07, 6.45) is 0. The van der Waals surface area contributed by atoms with Crippen LogP contribution in [0, 0.1) is 10.1 Å². The number of carboxylic acid groups (broad SMARTS) is 1. The van der Waals surface area contributed by atoms with E-state index in [1.54, 1.807) is 56.3 Å². The quantitative estimate of drug-likeness (QED) is 0.236. The second-order valence-corrected chi connectivity index (χ2v) is 10.4. The first kappa shape index (κ1) is 25.2. The van der Waals surface area contributed by atoms with Crippen molar-refractivity contribution in [3.8, 4) is 11.3 Å². The monoisotopic (exact) mass is 502 g/mol. The third kappa shape index (κ3) is 3.83. The van der Waals surface area contributed by atoms with Crippen molar-refractivity contribution in [2.75, 3.05) is 0 Å². The number of thioether (sulfide) groups is 1. The van der Waals surface area contributed by atoms with E-state index in [1.165, 1.54) is 28.8 Å². The molecule has 0 saturated carbocycles. The number of para-hydroxylation sites is 2. The third-order valence-corrected chi connectivity index (χ3v) is 7.73. The first-order valence-electron chi connectivity index (χ1n) is 10.5. The number of β-lactam (4-membered cyclic amide) rings is 1. The minimum Gasteiger partial charge on any atom is -0.805 e. The van der Waals surface area contributed by atoms with E-state index in [1.807, 2.05) is 0 Å². The van der Waals surface area contributed by atoms with Crippen molar-refractivity contribution in [2.45, 2.75) is 36.1 Å². The largest absolute Gasteiger partial charge is 1.00 e. The standard InChI is InChI=1S/C23H20N4O6S.Na/c1-23(2)18(22(30)31)25-20(29)15(21(25)34-23)24-19(28)17-16(12-8-4-3-5-9-12)26(32)13-10-6-7-11-14(13)27(17)33;/h3-11,15,18,21H,1-2H3,(H,24,28)(H,30,31);/q;+1/p-1/t15-,18+,21-;/m1./s1. The molecule has 0 radical (unpaired) electrons. The van der Waals surface area contributed by atoms with E-state index in [0.717, 1.165) is 0 Å². The van der Waals surface area contributed by atoms with E-state index in [4.69, 9.17) is 0 Å². The number of hydrogen-bond donors (Lipinski definition) is 1. The maximum absolute atomic E-state index is 13.4. The molecule has 12 heteroatoms. The van der Waals surface area contributed by atoms with Gasteiger partial charge in [-0.15, -0.1) is 11.8 Å². The van der Waals surface area contributed by atoms with Crippen molar-refractivity contribution in [3.05, 3.63) is 70.4 Å². The third-order valence-electron chi connectivity index (χ3n) is 6.16. The van der Waals surface area contributed by atoms with Crippen LogP contribution in [0.1, 0.15) is 24.3 Å². The van der Waals surface area contributed by atoms with Crippen molar-refractivity contribution in [1.82, 2.24) is 14.9 Å². The minimum absolute atomic E-state index is 0. The summed E-state index contributed by atoms with van der Waals surface area (Å²) in [5, 5.41) is 26.8. The second-order valence-electron chi connectivity index (χ2n) is 8.67. The molecule has 2 aliphatic heterocycles. The summed E-state index contributed by atoms with van der Waals surface area (Å²) in [4.78, 5) is 52.2. The van der Waals surface area contributed by atoms with Crippen LogP contribution in [0.2, 0.25) is 0 Å². The fourth-order valence-corrected chi connectivity index (χ4v) is 6.25. The van der Waals surface area contributed by atoms with E-state index >= 15 is 0 Å². The van der Waals surface area contributed by atoms with Gasteiger partial charge in [0.05, 0.1) is 22.0 Å². The number of fused-ring (bicyclic) bond motifs is 2. The van der Waals surface area contributed by atoms with Crippen molar-refractivity contribution in [2.24, 2.45) is 0 Å². The zero-order chi connectivity index (χ0) is 24.4. The van der Waals surface area contributed by atoms with Gasteiger partial charge in [0, 0.05) is 15.7 Å². The molecule has 174 valence electrons. The molecule has 0 bridgehead atoms. The Hall–Kier alpha value is -2.86. The van der Waals surface area contributed by atoms with Gasteiger partial charge in [-0.2, -0.15) is 0 Å². The number of aromatic nitrogens is 2. The fraction of sp³-hybridized carbons (Fsp3) is 0.261. The predicted molar refractivity (Wildman–Crippen MR) is 122 cm³/mol. The summed E-state index contributed by atoms with van der Waals surface area (Å²) < 4.78 is 0.0910. The Morgan fingerprint density at radius 2 is 1.71 bits per heavy atom. The van der Waals surface area contributed by atoms with Crippen LogP contribution in [0.25, 0.3) is 22.3 Å². The first-order chi connectivity index (χ1) is 16.1. The predicted octanol–water partition coefficient (Wildman–Crippen LogP) is -2.52. The average Bonchev–Trinajstić information content (AvgIpc) is 3.08. The number of nitrogens with one attached hydrogen (secondary N) is 1. The number of rotatable bonds is 4. The van der Waals surface area contributed by atoms with Crippen molar-refractivity contribution in [3.63, 3.8) is 0 Å². The van der Waals surface area contributed by atoms with Gasteiger partial charge in [-0.3, -0.25) is 9.59 Å². The van der Waals surface area contributed by atoms with Gasteiger partial charge in [0.15, 0.2) is 5.69 Å². The van der Waals surface area contributed by atoms with Crippen molar-refractivity contribution < 1.29 is 53.5 Å². The average molecular weight is 502 g/mol. The molecule has 10 nitrogen and oxygen atoms in total. The molecule has 3 atom stereocenters. The SMILES string of the molecule is CC1(C)S[C@@H]2[C@H](NC(=O)c3c(-c4ccccc4)[n+](=O)c4ccccc4n3[O-])C(=O)N2[C@H]1C(=O)[O-].[Na+]. The van der Waals surface area contributed by atoms with E-state index in [-0.39, 0.29) is 46.3 Å². The Kier molecular flexibility index (Phi) is 6.47. The summed E-state index contributed by atoms with van der Waals surface area (Å²) in [5.41, 5.74) is -0.166. The maximum atomic E-state index is 13.4. The van der Waals surface area contributed by atoms with Gasteiger partial charge in [0.2, 0.25) is 5.91 Å². The Labute approximate surface area is 225 Å². The molecule has 1 N–H and O–H groups in total. The summed E-state index contributed by atoms with van der Waals surface area (Å²) >= 11 is 1.23. The van der Waals surface area contributed by atoms with Crippen LogP contribution in [0.15, 0.2) is 54.6 Å². The van der Waals surface area contributed by atoms with Crippen molar-refractivity contribution >= 4 is 40.6 Å². The molecule has 2 saturated heterocycles. The van der Waals surface area contributed by atoms with Gasteiger partial charge >= 0.3 is 29.6 Å². The Balaban J connectivity index is 0.00000289. The smallest absolute Gasteiger partial charge is 0.805 e. The number of carbonyl (C=O) groups is 3. The van der Waals surface area contributed by atoms with Gasteiger partial charge in [0.25, 0.3) is 17.1 Å². The molecule has 3 heterocycles. The van der Waals surface area contributed by atoms with Crippen LogP contribution in [0.4, 0.5) is 0 Å². The van der Waals surface area contributed by atoms with Crippen LogP contribution in [-0.4, -0.2) is 49.6 Å². The van der Waals surface area contributed by atoms with Crippen LogP contribution >= 0.6 is 11.8 Å². The first-order valence-corrected chi connectivity index (χ1v) is 11.4. The molecule has 2 amide bonds. The molecule has 35 heavy (non-hydrogen) atoms. The number of nitrogens with zero attached hydrogens (tertiary/aromatic N) is 3. The van der Waals surface area contributed by atoms with Crippen LogP contribution in [0.5, 0.6) is 0 Å². The second kappa shape index (κ2) is 8.98. The summed E-state index contributed by atoms with van der Waals surface area (Å²) in [6.45, 7) is 3.37. The Morgan fingerprint density at radius 1 is 1.09 bits per heavy atom. The number of carbonyl (C=O) groups excluding carboxylic acids is 3. The topological polar surface area (TPSA) is 140 Å². The molecular weight excluding hydrogens is 483 g/mol. The number of benzene rings is 2. The van der Waals surface area contributed by atoms with Gasteiger partial charge < -0.3 is 30.1 Å². The number of aliphatic carboxylic acids is 1. The van der Waals surface area contributed by atoms with Crippen LogP contribution < -0.4 is 44.4 Å². The molecule has 1 aromatic heterocycles. The maximum Gasteiger partial charge on any atom is 1.00 e. The normalized spacial score (nSPS) is 22.2. The van der Waals surface area contributed by atoms with E-state index < -0.39 is 45.7 Å². The molecule has 5 rings (SSSR count). The Bertz CT molecular complexity index is 1430. The van der Waals surface area contributed by atoms with E-state index in [2.05, 4.69) is 5.32 Å². The molecule has 2 aliphatic rings. The molecule has 2 fully saturated rings. The zero-order valence-electron chi connectivity index (χ0n) is 19.1. The van der Waals surface area contributed by atoms with Gasteiger partial charge in [-0.25, -0.2) is 0 Å². The van der Waals surface area contributed by atoms with E-state index in [9.17, 15) is 29.6 Å².